The van der Waals surface area contributed by atoms with Gasteiger partial charge in [0, 0.05) is 35.6 Å². The van der Waals surface area contributed by atoms with Gasteiger partial charge in [-0.3, -0.25) is 9.78 Å². The van der Waals surface area contributed by atoms with E-state index in [2.05, 4.69) is 20.9 Å². The highest BCUT2D eigenvalue weighted by Gasteiger charge is 2.26. The van der Waals surface area contributed by atoms with Crippen LogP contribution in [0.25, 0.3) is 10.9 Å². The first kappa shape index (κ1) is 13.6. The summed E-state index contributed by atoms with van der Waals surface area (Å²) in [7, 11) is 0. The summed E-state index contributed by atoms with van der Waals surface area (Å²) in [4.78, 5) is 18.8. The number of halogens is 1. The third-order valence-electron chi connectivity index (χ3n) is 3.94. The number of benzene rings is 1. The van der Waals surface area contributed by atoms with Gasteiger partial charge in [-0.25, -0.2) is 0 Å². The molecule has 4 heteroatoms. The Labute approximate surface area is 127 Å². The monoisotopic (exact) mass is 332 g/mol. The third-order valence-corrected chi connectivity index (χ3v) is 4.40. The van der Waals surface area contributed by atoms with Crippen LogP contribution in [0.5, 0.6) is 0 Å². The van der Waals surface area contributed by atoms with Crippen molar-refractivity contribution in [3.05, 3.63) is 42.1 Å². The summed E-state index contributed by atoms with van der Waals surface area (Å²) in [5.74, 6) is 0.785. The van der Waals surface area contributed by atoms with Crippen LogP contribution in [0.2, 0.25) is 0 Å². The highest BCUT2D eigenvalue weighted by Crippen LogP contribution is 2.23. The standard InChI is InChI=1S/C16H17BrN2O/c17-7-5-12-6-9-19(11-12)16(20)14-3-4-15-13(10-14)2-1-8-18-15/h1-4,8,10,12H,5-7,9,11H2. The molecule has 104 valence electrons. The van der Waals surface area contributed by atoms with Crippen LogP contribution in [0, 0.1) is 5.92 Å². The summed E-state index contributed by atoms with van der Waals surface area (Å²) in [5, 5.41) is 2.04. The van der Waals surface area contributed by atoms with E-state index in [9.17, 15) is 4.79 Å². The molecule has 1 atom stereocenters. The van der Waals surface area contributed by atoms with Gasteiger partial charge in [-0.05, 0) is 43.0 Å². The number of hydrogen-bond acceptors (Lipinski definition) is 2. The first-order valence-electron chi connectivity index (χ1n) is 6.98. The summed E-state index contributed by atoms with van der Waals surface area (Å²) in [5.41, 5.74) is 1.70. The molecule has 0 radical (unpaired) electrons. The highest BCUT2D eigenvalue weighted by atomic mass is 79.9. The van der Waals surface area contributed by atoms with E-state index in [1.54, 1.807) is 6.20 Å². The fourth-order valence-corrected chi connectivity index (χ4v) is 3.45. The second-order valence-electron chi connectivity index (χ2n) is 5.29. The lowest BCUT2D eigenvalue weighted by Crippen LogP contribution is -2.28. The summed E-state index contributed by atoms with van der Waals surface area (Å²) in [6.07, 6.45) is 4.03. The Morgan fingerprint density at radius 2 is 2.30 bits per heavy atom. The molecule has 2 aromatic rings. The molecule has 3 nitrogen and oxygen atoms in total. The van der Waals surface area contributed by atoms with Gasteiger partial charge < -0.3 is 4.90 Å². The first-order chi connectivity index (χ1) is 9.78. The van der Waals surface area contributed by atoms with Crippen LogP contribution in [-0.2, 0) is 0 Å². The van der Waals surface area contributed by atoms with Gasteiger partial charge in [-0.1, -0.05) is 22.0 Å². The van der Waals surface area contributed by atoms with Crippen LogP contribution in [0.1, 0.15) is 23.2 Å². The van der Waals surface area contributed by atoms with E-state index in [1.165, 1.54) is 0 Å². The topological polar surface area (TPSA) is 33.2 Å². The summed E-state index contributed by atoms with van der Waals surface area (Å²) < 4.78 is 0. The molecule has 1 unspecified atom stereocenters. The minimum atomic E-state index is 0.146. The molecule has 1 aliphatic heterocycles. The predicted molar refractivity (Wildman–Crippen MR) is 84.2 cm³/mol. The number of aromatic nitrogens is 1. The number of fused-ring (bicyclic) bond motifs is 1. The van der Waals surface area contributed by atoms with Gasteiger partial charge in [0.1, 0.15) is 0 Å². The number of likely N-dealkylation sites (tertiary alicyclic amines) is 1. The van der Waals surface area contributed by atoms with Gasteiger partial charge in [0.05, 0.1) is 5.52 Å². The van der Waals surface area contributed by atoms with E-state index in [0.29, 0.717) is 5.92 Å². The van der Waals surface area contributed by atoms with Crippen molar-refractivity contribution < 1.29 is 4.79 Å². The van der Waals surface area contributed by atoms with Crippen LogP contribution < -0.4 is 0 Å². The van der Waals surface area contributed by atoms with Crippen LogP contribution in [0.4, 0.5) is 0 Å². The Bertz CT molecular complexity index is 629. The number of alkyl halides is 1. The molecule has 1 fully saturated rings. The molecule has 3 rings (SSSR count). The van der Waals surface area contributed by atoms with Crippen LogP contribution in [-0.4, -0.2) is 34.2 Å². The average molecular weight is 333 g/mol. The largest absolute Gasteiger partial charge is 0.338 e. The Morgan fingerprint density at radius 1 is 1.40 bits per heavy atom. The third kappa shape index (κ3) is 2.70. The van der Waals surface area contributed by atoms with Gasteiger partial charge in [-0.15, -0.1) is 0 Å². The molecule has 20 heavy (non-hydrogen) atoms. The maximum absolute atomic E-state index is 12.5. The Kier molecular flexibility index (Phi) is 4.01. The number of hydrogen-bond donors (Lipinski definition) is 0. The summed E-state index contributed by atoms with van der Waals surface area (Å²) in [6.45, 7) is 1.76. The van der Waals surface area contributed by atoms with Crippen molar-refractivity contribution in [2.24, 2.45) is 5.92 Å². The first-order valence-corrected chi connectivity index (χ1v) is 8.10. The van der Waals surface area contributed by atoms with Gasteiger partial charge >= 0.3 is 0 Å². The van der Waals surface area contributed by atoms with Crippen molar-refractivity contribution in [2.75, 3.05) is 18.4 Å². The van der Waals surface area contributed by atoms with Crippen molar-refractivity contribution in [1.82, 2.24) is 9.88 Å². The van der Waals surface area contributed by atoms with Crippen molar-refractivity contribution in [3.63, 3.8) is 0 Å². The zero-order valence-corrected chi connectivity index (χ0v) is 12.8. The van der Waals surface area contributed by atoms with Crippen LogP contribution in [0.15, 0.2) is 36.5 Å². The molecule has 1 amide bonds. The second kappa shape index (κ2) is 5.92. The Hall–Kier alpha value is -1.42. The molecular weight excluding hydrogens is 316 g/mol. The SMILES string of the molecule is O=C(c1ccc2ncccc2c1)N1CCC(CCBr)C1. The van der Waals surface area contributed by atoms with E-state index in [1.807, 2.05) is 35.2 Å². The summed E-state index contributed by atoms with van der Waals surface area (Å²) in [6, 6.07) is 9.65. The zero-order valence-electron chi connectivity index (χ0n) is 11.3. The van der Waals surface area contributed by atoms with E-state index in [0.717, 1.165) is 47.7 Å². The molecule has 0 saturated carbocycles. The number of carbonyl (C=O) groups is 1. The predicted octanol–water partition coefficient (Wildman–Crippen LogP) is 3.48. The quantitative estimate of drug-likeness (QED) is 0.806. The van der Waals surface area contributed by atoms with E-state index < -0.39 is 0 Å². The smallest absolute Gasteiger partial charge is 0.253 e. The molecule has 1 aromatic carbocycles. The Morgan fingerprint density at radius 3 is 3.15 bits per heavy atom. The minimum absolute atomic E-state index is 0.146. The van der Waals surface area contributed by atoms with Gasteiger partial charge in [-0.2, -0.15) is 0 Å². The lowest BCUT2D eigenvalue weighted by atomic mass is 10.1. The zero-order chi connectivity index (χ0) is 13.9. The highest BCUT2D eigenvalue weighted by molar-refractivity contribution is 9.09. The maximum atomic E-state index is 12.5. The van der Waals surface area contributed by atoms with Crippen LogP contribution in [0.3, 0.4) is 0 Å². The normalized spacial score (nSPS) is 18.6. The van der Waals surface area contributed by atoms with Crippen molar-refractivity contribution >= 4 is 32.7 Å². The molecule has 0 N–H and O–H groups in total. The number of amides is 1. The fourth-order valence-electron chi connectivity index (χ4n) is 2.80. The van der Waals surface area contributed by atoms with Gasteiger partial charge in [0.15, 0.2) is 0 Å². The number of nitrogens with zero attached hydrogens (tertiary/aromatic N) is 2. The fraction of sp³-hybridized carbons (Fsp3) is 0.375. The molecule has 0 spiro atoms. The van der Waals surface area contributed by atoms with E-state index in [-0.39, 0.29) is 5.91 Å². The van der Waals surface area contributed by atoms with Gasteiger partial charge in [0.25, 0.3) is 5.91 Å². The molecule has 1 aromatic heterocycles. The summed E-state index contributed by atoms with van der Waals surface area (Å²) >= 11 is 3.48. The Balaban J connectivity index is 1.79. The molecule has 1 saturated heterocycles. The number of rotatable bonds is 3. The maximum Gasteiger partial charge on any atom is 0.253 e. The minimum Gasteiger partial charge on any atom is -0.338 e. The van der Waals surface area contributed by atoms with E-state index in [4.69, 9.17) is 0 Å². The molecular formula is C16H17BrN2O. The van der Waals surface area contributed by atoms with E-state index >= 15 is 0 Å². The van der Waals surface area contributed by atoms with Crippen molar-refractivity contribution in [3.8, 4) is 0 Å². The molecule has 2 heterocycles. The van der Waals surface area contributed by atoms with Crippen LogP contribution >= 0.6 is 15.9 Å². The average Bonchev–Trinajstić information content (AvgIpc) is 2.95. The van der Waals surface area contributed by atoms with Gasteiger partial charge in [0.2, 0.25) is 0 Å². The molecule has 0 bridgehead atoms. The lowest BCUT2D eigenvalue weighted by molar-refractivity contribution is 0.0787. The number of carbonyl (C=O) groups excluding carboxylic acids is 1. The lowest BCUT2D eigenvalue weighted by Gasteiger charge is -2.16. The van der Waals surface area contributed by atoms with Crippen molar-refractivity contribution in [2.45, 2.75) is 12.8 Å². The molecule has 0 aliphatic carbocycles. The second-order valence-corrected chi connectivity index (χ2v) is 6.09. The van der Waals surface area contributed by atoms with Crippen molar-refractivity contribution in [1.29, 1.82) is 0 Å². The number of pyridine rings is 1. The molecule has 1 aliphatic rings.